The Morgan fingerprint density at radius 3 is 2.33 bits per heavy atom. The van der Waals surface area contributed by atoms with Crippen molar-refractivity contribution in [2.24, 2.45) is 5.92 Å². The maximum atomic E-state index is 5.38. The quantitative estimate of drug-likeness (QED) is 0.735. The van der Waals surface area contributed by atoms with Crippen molar-refractivity contribution in [3.63, 3.8) is 0 Å². The minimum atomic E-state index is 0.327. The topological polar surface area (TPSA) is 30.5 Å². The molecule has 0 aliphatic rings. The molecule has 1 aromatic carbocycles. The van der Waals surface area contributed by atoms with Gasteiger partial charge in [0.25, 0.3) is 0 Å². The van der Waals surface area contributed by atoms with Crippen molar-refractivity contribution < 1.29 is 9.47 Å². The minimum absolute atomic E-state index is 0.327. The monoisotopic (exact) mass is 293 g/mol. The first-order valence-electron chi connectivity index (χ1n) is 7.89. The second kappa shape index (κ2) is 9.06. The van der Waals surface area contributed by atoms with Crippen molar-refractivity contribution in [2.45, 2.75) is 59.2 Å². The van der Waals surface area contributed by atoms with Crippen LogP contribution in [0.15, 0.2) is 18.2 Å². The van der Waals surface area contributed by atoms with Crippen molar-refractivity contribution in [3.05, 3.63) is 29.3 Å². The lowest BCUT2D eigenvalue weighted by Gasteiger charge is -2.22. The molecular formula is C18H31NO2. The van der Waals surface area contributed by atoms with Crippen LogP contribution in [0.4, 0.5) is 0 Å². The van der Waals surface area contributed by atoms with Gasteiger partial charge in [-0.3, -0.25) is 0 Å². The average molecular weight is 293 g/mol. The lowest BCUT2D eigenvalue weighted by molar-refractivity contribution is 0.181. The van der Waals surface area contributed by atoms with E-state index >= 15 is 0 Å². The van der Waals surface area contributed by atoms with Gasteiger partial charge in [0.1, 0.15) is 5.75 Å². The number of hydrogen-bond donors (Lipinski definition) is 1. The van der Waals surface area contributed by atoms with Gasteiger partial charge in [-0.2, -0.15) is 0 Å². The molecule has 21 heavy (non-hydrogen) atoms. The molecule has 1 rings (SSSR count). The first kappa shape index (κ1) is 18.0. The lowest BCUT2D eigenvalue weighted by Crippen LogP contribution is -2.29. The molecule has 2 atom stereocenters. The van der Waals surface area contributed by atoms with Gasteiger partial charge in [0.15, 0.2) is 0 Å². The van der Waals surface area contributed by atoms with Crippen molar-refractivity contribution >= 4 is 0 Å². The van der Waals surface area contributed by atoms with Gasteiger partial charge in [-0.15, -0.1) is 0 Å². The van der Waals surface area contributed by atoms with Crippen LogP contribution >= 0.6 is 0 Å². The van der Waals surface area contributed by atoms with Crippen LogP contribution in [0.5, 0.6) is 5.75 Å². The van der Waals surface area contributed by atoms with E-state index in [4.69, 9.17) is 9.47 Å². The maximum Gasteiger partial charge on any atom is 0.124 e. The van der Waals surface area contributed by atoms with E-state index in [1.807, 2.05) is 6.07 Å². The highest BCUT2D eigenvalue weighted by atomic mass is 16.5. The third-order valence-corrected chi connectivity index (χ3v) is 3.82. The third kappa shape index (κ3) is 6.06. The number of ether oxygens (including phenoxy) is 2. The summed E-state index contributed by atoms with van der Waals surface area (Å²) in [5.74, 6) is 1.65. The largest absolute Gasteiger partial charge is 0.496 e. The van der Waals surface area contributed by atoms with Gasteiger partial charge in [-0.05, 0) is 50.3 Å². The molecule has 0 saturated carbocycles. The fourth-order valence-electron chi connectivity index (χ4n) is 2.53. The fourth-order valence-corrected chi connectivity index (χ4v) is 2.53. The average Bonchev–Trinajstić information content (AvgIpc) is 2.45. The molecule has 1 N–H and O–H groups in total. The summed E-state index contributed by atoms with van der Waals surface area (Å²) >= 11 is 0. The molecule has 0 heterocycles. The van der Waals surface area contributed by atoms with Crippen LogP contribution in [-0.2, 0) is 11.3 Å². The molecule has 0 spiro atoms. The number of methoxy groups -OCH3 is 2. The summed E-state index contributed by atoms with van der Waals surface area (Å²) in [6, 6.07) is 7.18. The molecule has 120 valence electrons. The SMILES string of the molecule is COCc1cc(C(C)NC(C)CCC(C)C)ccc1OC. The lowest BCUT2D eigenvalue weighted by atomic mass is 10.0. The Labute approximate surface area is 130 Å². The Hall–Kier alpha value is -1.06. The Morgan fingerprint density at radius 1 is 1.05 bits per heavy atom. The van der Waals surface area contributed by atoms with Gasteiger partial charge in [0, 0.05) is 24.8 Å². The molecule has 0 bridgehead atoms. The van der Waals surface area contributed by atoms with Gasteiger partial charge < -0.3 is 14.8 Å². The summed E-state index contributed by atoms with van der Waals surface area (Å²) in [5.41, 5.74) is 2.38. The number of rotatable bonds is 9. The Balaban J connectivity index is 2.68. The van der Waals surface area contributed by atoms with Gasteiger partial charge in [0.05, 0.1) is 13.7 Å². The smallest absolute Gasteiger partial charge is 0.124 e. The Kier molecular flexibility index (Phi) is 7.76. The van der Waals surface area contributed by atoms with Crippen molar-refractivity contribution in [1.29, 1.82) is 0 Å². The second-order valence-corrected chi connectivity index (χ2v) is 6.26. The summed E-state index contributed by atoms with van der Waals surface area (Å²) in [6.07, 6.45) is 2.47. The van der Waals surface area contributed by atoms with Crippen molar-refractivity contribution in [3.8, 4) is 5.75 Å². The van der Waals surface area contributed by atoms with Crippen LogP contribution in [0.2, 0.25) is 0 Å². The highest BCUT2D eigenvalue weighted by molar-refractivity contribution is 5.38. The first-order valence-corrected chi connectivity index (χ1v) is 7.89. The van der Waals surface area contributed by atoms with E-state index in [9.17, 15) is 0 Å². The summed E-state index contributed by atoms with van der Waals surface area (Å²) in [5, 5.41) is 3.68. The first-order chi connectivity index (χ1) is 9.97. The summed E-state index contributed by atoms with van der Waals surface area (Å²) in [7, 11) is 3.41. The molecule has 3 nitrogen and oxygen atoms in total. The van der Waals surface area contributed by atoms with E-state index in [0.717, 1.165) is 17.2 Å². The summed E-state index contributed by atoms with van der Waals surface area (Å²) in [6.45, 7) is 9.60. The standard InChI is InChI=1S/C18H31NO2/c1-13(2)7-8-14(3)19-15(4)16-9-10-18(21-6)17(11-16)12-20-5/h9-11,13-15,19H,7-8,12H2,1-6H3. The van der Waals surface area contributed by atoms with Crippen LogP contribution in [0, 0.1) is 5.92 Å². The van der Waals surface area contributed by atoms with Crippen molar-refractivity contribution in [1.82, 2.24) is 5.32 Å². The van der Waals surface area contributed by atoms with E-state index in [2.05, 4.69) is 45.1 Å². The van der Waals surface area contributed by atoms with Gasteiger partial charge in [-0.25, -0.2) is 0 Å². The molecule has 0 fully saturated rings. The van der Waals surface area contributed by atoms with Crippen LogP contribution in [-0.4, -0.2) is 20.3 Å². The molecule has 0 aliphatic heterocycles. The molecule has 0 aromatic heterocycles. The minimum Gasteiger partial charge on any atom is -0.496 e. The predicted octanol–water partition coefficient (Wildman–Crippen LogP) is 4.32. The molecule has 0 radical (unpaired) electrons. The Morgan fingerprint density at radius 2 is 1.76 bits per heavy atom. The Bertz CT molecular complexity index is 418. The van der Waals surface area contributed by atoms with E-state index in [0.29, 0.717) is 18.7 Å². The van der Waals surface area contributed by atoms with Gasteiger partial charge in [-0.1, -0.05) is 19.9 Å². The molecule has 2 unspecified atom stereocenters. The van der Waals surface area contributed by atoms with Crippen molar-refractivity contribution in [2.75, 3.05) is 14.2 Å². The fraction of sp³-hybridized carbons (Fsp3) is 0.667. The molecule has 0 aliphatic carbocycles. The highest BCUT2D eigenvalue weighted by Crippen LogP contribution is 2.24. The molecule has 0 saturated heterocycles. The normalized spacial score (nSPS) is 14.2. The molecule has 1 aromatic rings. The van der Waals surface area contributed by atoms with Crippen LogP contribution in [0.25, 0.3) is 0 Å². The second-order valence-electron chi connectivity index (χ2n) is 6.26. The highest BCUT2D eigenvalue weighted by Gasteiger charge is 2.12. The van der Waals surface area contributed by atoms with Crippen LogP contribution in [0.1, 0.15) is 57.7 Å². The molecule has 0 amide bonds. The van der Waals surface area contributed by atoms with E-state index in [1.165, 1.54) is 18.4 Å². The van der Waals surface area contributed by atoms with E-state index < -0.39 is 0 Å². The molecular weight excluding hydrogens is 262 g/mol. The maximum absolute atomic E-state index is 5.38. The van der Waals surface area contributed by atoms with Crippen LogP contribution < -0.4 is 10.1 Å². The molecule has 3 heteroatoms. The summed E-state index contributed by atoms with van der Waals surface area (Å²) < 4.78 is 10.6. The van der Waals surface area contributed by atoms with E-state index in [-0.39, 0.29) is 0 Å². The van der Waals surface area contributed by atoms with Gasteiger partial charge >= 0.3 is 0 Å². The van der Waals surface area contributed by atoms with Gasteiger partial charge in [0.2, 0.25) is 0 Å². The van der Waals surface area contributed by atoms with E-state index in [1.54, 1.807) is 14.2 Å². The summed E-state index contributed by atoms with van der Waals surface area (Å²) in [4.78, 5) is 0. The van der Waals surface area contributed by atoms with Crippen LogP contribution in [0.3, 0.4) is 0 Å². The zero-order valence-electron chi connectivity index (χ0n) is 14.4. The number of benzene rings is 1. The zero-order valence-corrected chi connectivity index (χ0v) is 14.4. The number of nitrogens with one attached hydrogen (secondary N) is 1. The third-order valence-electron chi connectivity index (χ3n) is 3.82. The predicted molar refractivity (Wildman–Crippen MR) is 88.8 cm³/mol. The zero-order chi connectivity index (χ0) is 15.8. The number of hydrogen-bond acceptors (Lipinski definition) is 3.